The molecule has 2 heterocycles. The van der Waals surface area contributed by atoms with Crippen LogP contribution in [0.4, 0.5) is 24.5 Å². The molecule has 0 bridgehead atoms. The lowest BCUT2D eigenvalue weighted by atomic mass is 10.1. The maximum Gasteiger partial charge on any atom is 0.416 e. The summed E-state index contributed by atoms with van der Waals surface area (Å²) in [6, 6.07) is 13.2. The first kappa shape index (κ1) is 20.9. The van der Waals surface area contributed by atoms with Crippen molar-refractivity contribution in [3.63, 3.8) is 0 Å². The smallest absolute Gasteiger partial charge is 0.350 e. The van der Waals surface area contributed by atoms with Gasteiger partial charge in [0.15, 0.2) is 0 Å². The average Bonchev–Trinajstić information content (AvgIpc) is 3.32. The predicted octanol–water partition coefficient (Wildman–Crippen LogP) is 5.78. The number of thiophene rings is 1. The van der Waals surface area contributed by atoms with Crippen molar-refractivity contribution in [2.24, 2.45) is 0 Å². The van der Waals surface area contributed by atoms with Crippen LogP contribution in [0.15, 0.2) is 65.7 Å². The van der Waals surface area contributed by atoms with E-state index < -0.39 is 23.6 Å². The van der Waals surface area contributed by atoms with Crippen LogP contribution in [0.1, 0.15) is 21.6 Å². The summed E-state index contributed by atoms with van der Waals surface area (Å²) in [7, 11) is 0. The zero-order chi connectivity index (χ0) is 22.3. The molecule has 0 aliphatic carbocycles. The Morgan fingerprint density at radius 2 is 1.68 bits per heavy atom. The molecule has 1 aromatic heterocycles. The molecule has 158 valence electrons. The number of nitrogens with one attached hydrogen (secondary N) is 1. The van der Waals surface area contributed by atoms with Gasteiger partial charge < -0.3 is 5.32 Å². The van der Waals surface area contributed by atoms with Gasteiger partial charge in [0.05, 0.1) is 16.8 Å². The SMILES string of the molecule is Cc1cccc(NC2=C(c3cccs3)C(=O)N(c3cccc(C(F)(F)F)c3)C2=O)c1C. The van der Waals surface area contributed by atoms with E-state index in [2.05, 4.69) is 5.32 Å². The number of halogens is 3. The number of imide groups is 1. The van der Waals surface area contributed by atoms with Gasteiger partial charge in [-0.2, -0.15) is 13.2 Å². The molecule has 2 aromatic carbocycles. The fourth-order valence-electron chi connectivity index (χ4n) is 3.37. The molecule has 2 amide bonds. The number of benzene rings is 2. The van der Waals surface area contributed by atoms with E-state index in [9.17, 15) is 22.8 Å². The number of carbonyl (C=O) groups excluding carboxylic acids is 2. The van der Waals surface area contributed by atoms with E-state index in [1.54, 1.807) is 23.6 Å². The lowest BCUT2D eigenvalue weighted by molar-refractivity contribution is -0.137. The number of alkyl halides is 3. The topological polar surface area (TPSA) is 49.4 Å². The van der Waals surface area contributed by atoms with Crippen LogP contribution in [-0.4, -0.2) is 11.8 Å². The molecule has 0 atom stereocenters. The molecule has 8 heteroatoms. The molecule has 0 spiro atoms. The summed E-state index contributed by atoms with van der Waals surface area (Å²) in [6.45, 7) is 3.81. The summed E-state index contributed by atoms with van der Waals surface area (Å²) in [6.07, 6.45) is -4.59. The zero-order valence-electron chi connectivity index (χ0n) is 16.6. The standard InChI is InChI=1S/C23H17F3N2O2S/c1-13-6-3-9-17(14(13)2)27-20-19(18-10-5-11-31-18)21(29)28(22(20)30)16-8-4-7-15(12-16)23(24,25)26/h3-12,27H,1-2H3. The molecule has 1 aliphatic heterocycles. The number of rotatable bonds is 4. The van der Waals surface area contributed by atoms with Crippen molar-refractivity contribution < 1.29 is 22.8 Å². The molecule has 0 fully saturated rings. The Bertz CT molecular complexity index is 1210. The van der Waals surface area contributed by atoms with Crippen LogP contribution >= 0.6 is 11.3 Å². The van der Waals surface area contributed by atoms with Crippen LogP contribution < -0.4 is 10.2 Å². The zero-order valence-corrected chi connectivity index (χ0v) is 17.4. The van der Waals surface area contributed by atoms with Crippen molar-refractivity contribution in [2.75, 3.05) is 10.2 Å². The highest BCUT2D eigenvalue weighted by atomic mass is 32.1. The maximum atomic E-state index is 13.3. The molecule has 0 unspecified atom stereocenters. The first-order valence-electron chi connectivity index (χ1n) is 9.36. The first-order valence-corrected chi connectivity index (χ1v) is 10.2. The van der Waals surface area contributed by atoms with E-state index in [-0.39, 0.29) is 17.0 Å². The van der Waals surface area contributed by atoms with E-state index in [1.807, 2.05) is 26.0 Å². The Labute approximate surface area is 180 Å². The van der Waals surface area contributed by atoms with Crippen molar-refractivity contribution in [3.8, 4) is 0 Å². The molecule has 4 rings (SSSR count). The summed E-state index contributed by atoms with van der Waals surface area (Å²) in [4.78, 5) is 27.9. The highest BCUT2D eigenvalue weighted by Gasteiger charge is 2.41. The van der Waals surface area contributed by atoms with Gasteiger partial charge in [0, 0.05) is 10.6 Å². The Morgan fingerprint density at radius 3 is 2.35 bits per heavy atom. The van der Waals surface area contributed by atoms with Gasteiger partial charge in [-0.3, -0.25) is 9.59 Å². The van der Waals surface area contributed by atoms with Crippen LogP contribution in [0.2, 0.25) is 0 Å². The molecule has 31 heavy (non-hydrogen) atoms. The second-order valence-corrected chi connectivity index (χ2v) is 8.04. The lowest BCUT2D eigenvalue weighted by Gasteiger charge is -2.17. The summed E-state index contributed by atoms with van der Waals surface area (Å²) in [5.41, 5.74) is 1.66. The van der Waals surface area contributed by atoms with Crippen LogP contribution in [0.5, 0.6) is 0 Å². The highest BCUT2D eigenvalue weighted by Crippen LogP contribution is 2.38. The van der Waals surface area contributed by atoms with E-state index in [0.29, 0.717) is 10.6 Å². The third-order valence-corrected chi connectivity index (χ3v) is 6.03. The second-order valence-electron chi connectivity index (χ2n) is 7.09. The van der Waals surface area contributed by atoms with Crippen molar-refractivity contribution in [1.82, 2.24) is 0 Å². The molecule has 4 nitrogen and oxygen atoms in total. The number of carbonyl (C=O) groups is 2. The maximum absolute atomic E-state index is 13.3. The normalized spacial score (nSPS) is 14.5. The van der Waals surface area contributed by atoms with Gasteiger partial charge in [-0.25, -0.2) is 4.90 Å². The van der Waals surface area contributed by atoms with E-state index in [1.165, 1.54) is 23.5 Å². The number of hydrogen-bond donors (Lipinski definition) is 1. The second kappa shape index (κ2) is 7.70. The van der Waals surface area contributed by atoms with Crippen LogP contribution in [-0.2, 0) is 15.8 Å². The Balaban J connectivity index is 1.81. The summed E-state index contributed by atoms with van der Waals surface area (Å²) in [5, 5.41) is 4.83. The molecular weight excluding hydrogens is 425 g/mol. The Hall–Kier alpha value is -3.39. The summed E-state index contributed by atoms with van der Waals surface area (Å²) >= 11 is 1.27. The van der Waals surface area contributed by atoms with E-state index in [0.717, 1.165) is 28.2 Å². The Morgan fingerprint density at radius 1 is 0.935 bits per heavy atom. The van der Waals surface area contributed by atoms with E-state index >= 15 is 0 Å². The van der Waals surface area contributed by atoms with Crippen molar-refractivity contribution in [3.05, 3.63) is 87.2 Å². The van der Waals surface area contributed by atoms with Gasteiger partial charge in [0.25, 0.3) is 11.8 Å². The number of aryl methyl sites for hydroxylation is 1. The molecule has 0 saturated carbocycles. The Kier molecular flexibility index (Phi) is 5.18. The molecule has 0 radical (unpaired) electrons. The highest BCUT2D eigenvalue weighted by molar-refractivity contribution is 7.11. The largest absolute Gasteiger partial charge is 0.416 e. The van der Waals surface area contributed by atoms with E-state index in [4.69, 9.17) is 0 Å². The number of nitrogens with zero attached hydrogens (tertiary/aromatic N) is 1. The predicted molar refractivity (Wildman–Crippen MR) is 115 cm³/mol. The van der Waals surface area contributed by atoms with Crippen LogP contribution in [0, 0.1) is 13.8 Å². The number of amides is 2. The van der Waals surface area contributed by atoms with Gasteiger partial charge in [0.1, 0.15) is 5.70 Å². The fraction of sp³-hybridized carbons (Fsp3) is 0.130. The molecule has 1 N–H and O–H groups in total. The van der Waals surface area contributed by atoms with Gasteiger partial charge in [-0.15, -0.1) is 11.3 Å². The summed E-state index contributed by atoms with van der Waals surface area (Å²) in [5.74, 6) is -1.37. The van der Waals surface area contributed by atoms with Crippen molar-refractivity contribution in [2.45, 2.75) is 20.0 Å². The average molecular weight is 442 g/mol. The fourth-order valence-corrected chi connectivity index (χ4v) is 4.14. The summed E-state index contributed by atoms with van der Waals surface area (Å²) < 4.78 is 39.6. The third kappa shape index (κ3) is 3.74. The quantitative estimate of drug-likeness (QED) is 0.521. The molecule has 1 aliphatic rings. The van der Waals surface area contributed by atoms with Crippen molar-refractivity contribution >= 4 is 40.1 Å². The van der Waals surface area contributed by atoms with Gasteiger partial charge >= 0.3 is 6.18 Å². The van der Waals surface area contributed by atoms with Crippen LogP contribution in [0.25, 0.3) is 5.57 Å². The van der Waals surface area contributed by atoms with Gasteiger partial charge in [-0.1, -0.05) is 24.3 Å². The lowest BCUT2D eigenvalue weighted by Crippen LogP contribution is -2.32. The first-order chi connectivity index (χ1) is 14.7. The van der Waals surface area contributed by atoms with Crippen molar-refractivity contribution in [1.29, 1.82) is 0 Å². The minimum Gasteiger partial charge on any atom is -0.350 e. The molecule has 3 aromatic rings. The number of anilines is 2. The molecular formula is C23H17F3N2O2S. The van der Waals surface area contributed by atoms with Gasteiger partial charge in [0.2, 0.25) is 0 Å². The van der Waals surface area contributed by atoms with Crippen LogP contribution in [0.3, 0.4) is 0 Å². The van der Waals surface area contributed by atoms with Gasteiger partial charge in [-0.05, 0) is 60.7 Å². The number of hydrogen-bond acceptors (Lipinski definition) is 4. The monoisotopic (exact) mass is 442 g/mol. The minimum absolute atomic E-state index is 0.0403. The third-order valence-electron chi connectivity index (χ3n) is 5.15. The minimum atomic E-state index is -4.59. The molecule has 0 saturated heterocycles.